The van der Waals surface area contributed by atoms with Crippen molar-refractivity contribution in [3.05, 3.63) is 35.9 Å². The van der Waals surface area contributed by atoms with Crippen LogP contribution < -0.4 is 0 Å². The molecule has 0 aromatic heterocycles. The Hall–Kier alpha value is -1.35. The quantitative estimate of drug-likeness (QED) is 0.837. The van der Waals surface area contributed by atoms with Crippen LogP contribution in [0.1, 0.15) is 32.3 Å². The second-order valence-corrected chi connectivity index (χ2v) is 5.77. The van der Waals surface area contributed by atoms with E-state index < -0.39 is 0 Å². The minimum absolute atomic E-state index is 0.120. The highest BCUT2D eigenvalue weighted by Gasteiger charge is 2.27. The average Bonchev–Trinajstić information content (AvgIpc) is 2.68. The van der Waals surface area contributed by atoms with Crippen LogP contribution in [0.15, 0.2) is 30.3 Å². The monoisotopic (exact) mass is 261 g/mol. The van der Waals surface area contributed by atoms with Crippen LogP contribution in [0, 0.1) is 0 Å². The van der Waals surface area contributed by atoms with Gasteiger partial charge in [0.2, 0.25) is 5.91 Å². The van der Waals surface area contributed by atoms with E-state index in [4.69, 9.17) is 4.74 Å². The lowest BCUT2D eigenvalue weighted by Crippen LogP contribution is -2.37. The van der Waals surface area contributed by atoms with Crippen molar-refractivity contribution in [3.63, 3.8) is 0 Å². The first-order valence-corrected chi connectivity index (χ1v) is 7.01. The van der Waals surface area contributed by atoms with Crippen molar-refractivity contribution in [3.8, 4) is 0 Å². The Morgan fingerprint density at radius 3 is 2.68 bits per heavy atom. The van der Waals surface area contributed by atoms with Crippen molar-refractivity contribution in [1.82, 2.24) is 4.90 Å². The summed E-state index contributed by atoms with van der Waals surface area (Å²) in [5.41, 5.74) is 1.10. The molecule has 1 aliphatic heterocycles. The summed E-state index contributed by atoms with van der Waals surface area (Å²) in [5.74, 6) is 0.236. The van der Waals surface area contributed by atoms with Gasteiger partial charge in [0, 0.05) is 26.1 Å². The molecule has 2 rings (SSSR count). The first-order valence-electron chi connectivity index (χ1n) is 7.01. The third-order valence-corrected chi connectivity index (χ3v) is 3.72. The van der Waals surface area contributed by atoms with Crippen LogP contribution in [0.5, 0.6) is 0 Å². The number of carbonyl (C=O) groups excluding carboxylic acids is 1. The minimum atomic E-state index is -0.120. The van der Waals surface area contributed by atoms with Crippen LogP contribution in [0.25, 0.3) is 0 Å². The molecule has 0 saturated carbocycles. The van der Waals surface area contributed by atoms with Crippen molar-refractivity contribution in [2.75, 3.05) is 26.3 Å². The molecule has 1 heterocycles. The molecule has 0 radical (unpaired) electrons. The van der Waals surface area contributed by atoms with Gasteiger partial charge in [0.05, 0.1) is 6.61 Å². The summed E-state index contributed by atoms with van der Waals surface area (Å²) >= 11 is 0. The van der Waals surface area contributed by atoms with E-state index in [0.29, 0.717) is 13.0 Å². The highest BCUT2D eigenvalue weighted by molar-refractivity contribution is 5.77. The smallest absolute Gasteiger partial charge is 0.223 e. The van der Waals surface area contributed by atoms with Gasteiger partial charge in [-0.3, -0.25) is 4.79 Å². The van der Waals surface area contributed by atoms with Crippen molar-refractivity contribution >= 4 is 5.91 Å². The van der Waals surface area contributed by atoms with Gasteiger partial charge in [0.25, 0.3) is 0 Å². The summed E-state index contributed by atoms with van der Waals surface area (Å²) in [7, 11) is 0. The van der Waals surface area contributed by atoms with Gasteiger partial charge >= 0.3 is 0 Å². The molecule has 19 heavy (non-hydrogen) atoms. The maximum absolute atomic E-state index is 12.4. The Labute approximate surface area is 115 Å². The Morgan fingerprint density at radius 1 is 1.21 bits per heavy atom. The Morgan fingerprint density at radius 2 is 1.95 bits per heavy atom. The van der Waals surface area contributed by atoms with Crippen LogP contribution in [0.3, 0.4) is 0 Å². The molecule has 3 nitrogen and oxygen atoms in total. The van der Waals surface area contributed by atoms with Crippen LogP contribution in [0.4, 0.5) is 0 Å². The zero-order valence-electron chi connectivity index (χ0n) is 11.9. The molecule has 0 spiro atoms. The van der Waals surface area contributed by atoms with Gasteiger partial charge in [0.15, 0.2) is 0 Å². The van der Waals surface area contributed by atoms with Gasteiger partial charge in [-0.25, -0.2) is 0 Å². The van der Waals surface area contributed by atoms with E-state index in [-0.39, 0.29) is 11.3 Å². The largest absolute Gasteiger partial charge is 0.380 e. The fourth-order valence-electron chi connectivity index (χ4n) is 2.48. The zero-order chi connectivity index (χ0) is 13.7. The fraction of sp³-hybridized carbons (Fsp3) is 0.562. The molecule has 0 aliphatic carbocycles. The van der Waals surface area contributed by atoms with Crippen molar-refractivity contribution < 1.29 is 9.53 Å². The molecule has 1 aromatic rings. The van der Waals surface area contributed by atoms with E-state index in [1.165, 1.54) is 5.56 Å². The van der Waals surface area contributed by atoms with E-state index in [9.17, 15) is 4.79 Å². The second-order valence-electron chi connectivity index (χ2n) is 5.77. The first kappa shape index (κ1) is 14.1. The highest BCUT2D eigenvalue weighted by Crippen LogP contribution is 2.27. The number of rotatable bonds is 3. The molecule has 3 heteroatoms. The lowest BCUT2D eigenvalue weighted by atomic mass is 9.81. The number of amides is 1. The summed E-state index contributed by atoms with van der Waals surface area (Å²) in [6.45, 7) is 7.25. The van der Waals surface area contributed by atoms with Crippen molar-refractivity contribution in [1.29, 1.82) is 0 Å². The fourth-order valence-corrected chi connectivity index (χ4v) is 2.48. The maximum Gasteiger partial charge on any atom is 0.223 e. The normalized spacial score (nSPS) is 17.1. The van der Waals surface area contributed by atoms with Crippen LogP contribution >= 0.6 is 0 Å². The van der Waals surface area contributed by atoms with Crippen LogP contribution in [-0.2, 0) is 14.9 Å². The molecule has 1 amide bonds. The molecule has 0 unspecified atom stereocenters. The molecule has 1 fully saturated rings. The predicted octanol–water partition coefficient (Wildman–Crippen LogP) is 2.60. The number of hydrogen-bond donors (Lipinski definition) is 0. The molecule has 1 saturated heterocycles. The van der Waals surface area contributed by atoms with E-state index in [1.54, 1.807) is 0 Å². The van der Waals surface area contributed by atoms with Crippen molar-refractivity contribution in [2.24, 2.45) is 0 Å². The summed E-state index contributed by atoms with van der Waals surface area (Å²) in [6, 6.07) is 10.3. The zero-order valence-corrected chi connectivity index (χ0v) is 11.9. The molecular formula is C16H23NO2. The van der Waals surface area contributed by atoms with Gasteiger partial charge in [-0.2, -0.15) is 0 Å². The summed E-state index contributed by atoms with van der Waals surface area (Å²) in [5, 5.41) is 0. The highest BCUT2D eigenvalue weighted by atomic mass is 16.5. The molecule has 104 valence electrons. The van der Waals surface area contributed by atoms with Crippen LogP contribution in [0.2, 0.25) is 0 Å². The standard InChI is InChI=1S/C16H23NO2/c1-16(2,14-7-4-3-5-8-14)13-15(18)17-9-6-11-19-12-10-17/h3-5,7-8H,6,9-13H2,1-2H3. The lowest BCUT2D eigenvalue weighted by molar-refractivity contribution is -0.132. The number of ether oxygens (including phenoxy) is 1. The molecule has 0 bridgehead atoms. The van der Waals surface area contributed by atoms with E-state index in [0.717, 1.165) is 26.1 Å². The number of carbonyl (C=O) groups is 1. The Balaban J connectivity index is 2.01. The van der Waals surface area contributed by atoms with Gasteiger partial charge in [-0.15, -0.1) is 0 Å². The second kappa shape index (κ2) is 6.20. The molecule has 1 aromatic carbocycles. The topological polar surface area (TPSA) is 29.5 Å². The number of benzene rings is 1. The predicted molar refractivity (Wildman–Crippen MR) is 76.1 cm³/mol. The van der Waals surface area contributed by atoms with Gasteiger partial charge < -0.3 is 9.64 Å². The van der Waals surface area contributed by atoms with E-state index in [2.05, 4.69) is 26.0 Å². The van der Waals surface area contributed by atoms with Gasteiger partial charge in [0.1, 0.15) is 0 Å². The van der Waals surface area contributed by atoms with E-state index in [1.807, 2.05) is 23.1 Å². The Kier molecular flexibility index (Phi) is 4.59. The third-order valence-electron chi connectivity index (χ3n) is 3.72. The molecule has 0 N–H and O–H groups in total. The van der Waals surface area contributed by atoms with Crippen molar-refractivity contribution in [2.45, 2.75) is 32.1 Å². The maximum atomic E-state index is 12.4. The number of nitrogens with zero attached hydrogens (tertiary/aromatic N) is 1. The van der Waals surface area contributed by atoms with Gasteiger partial charge in [-0.1, -0.05) is 44.2 Å². The third kappa shape index (κ3) is 3.80. The SMILES string of the molecule is CC(C)(CC(=O)N1CCCOCC1)c1ccccc1. The summed E-state index contributed by atoms with van der Waals surface area (Å²) in [4.78, 5) is 14.4. The number of hydrogen-bond acceptors (Lipinski definition) is 2. The van der Waals surface area contributed by atoms with E-state index >= 15 is 0 Å². The first-order chi connectivity index (χ1) is 9.09. The Bertz CT molecular complexity index is 406. The summed E-state index contributed by atoms with van der Waals surface area (Å²) < 4.78 is 5.40. The van der Waals surface area contributed by atoms with Crippen LogP contribution in [-0.4, -0.2) is 37.1 Å². The molecule has 0 atom stereocenters. The minimum Gasteiger partial charge on any atom is -0.380 e. The lowest BCUT2D eigenvalue weighted by Gasteiger charge is -2.28. The average molecular weight is 261 g/mol. The van der Waals surface area contributed by atoms with Gasteiger partial charge in [-0.05, 0) is 17.4 Å². The summed E-state index contributed by atoms with van der Waals surface area (Å²) in [6.07, 6.45) is 1.49. The molecular weight excluding hydrogens is 238 g/mol. The molecule has 1 aliphatic rings.